The van der Waals surface area contributed by atoms with E-state index >= 15 is 0 Å². The molecule has 2 amide bonds. The Morgan fingerprint density at radius 3 is 2.50 bits per heavy atom. The molecule has 0 atom stereocenters. The molecule has 5 nitrogen and oxygen atoms in total. The van der Waals surface area contributed by atoms with Gasteiger partial charge in [0.15, 0.2) is 0 Å². The molecule has 2 rings (SSSR count). The Balaban J connectivity index is 0.00000242. The van der Waals surface area contributed by atoms with E-state index in [0.717, 1.165) is 10.9 Å². The molecule has 2 aromatic rings. The zero-order valence-corrected chi connectivity index (χ0v) is 13.2. The number of benzene rings is 2. The third-order valence-corrected chi connectivity index (χ3v) is 3.28. The summed E-state index contributed by atoms with van der Waals surface area (Å²) < 4.78 is 0. The van der Waals surface area contributed by atoms with Crippen LogP contribution >= 0.6 is 12.4 Å². The van der Waals surface area contributed by atoms with Crippen LogP contribution in [0.5, 0.6) is 0 Å². The number of rotatable bonds is 5. The molecule has 0 radical (unpaired) electrons. The largest absolute Gasteiger partial charge is 0.346 e. The van der Waals surface area contributed by atoms with Crippen LogP contribution in [-0.2, 0) is 16.1 Å². The van der Waals surface area contributed by atoms with Crippen LogP contribution in [0.15, 0.2) is 42.5 Å². The second-order valence-electron chi connectivity index (χ2n) is 4.91. The molecule has 0 saturated heterocycles. The van der Waals surface area contributed by atoms with Crippen molar-refractivity contribution in [2.45, 2.75) is 6.54 Å². The minimum Gasteiger partial charge on any atom is -0.346 e. The van der Waals surface area contributed by atoms with Gasteiger partial charge in [-0.1, -0.05) is 36.4 Å². The van der Waals surface area contributed by atoms with Gasteiger partial charge in [-0.15, -0.1) is 12.4 Å². The highest BCUT2D eigenvalue weighted by atomic mass is 35.5. The Labute approximate surface area is 135 Å². The van der Waals surface area contributed by atoms with Crippen molar-refractivity contribution in [2.24, 2.45) is 5.73 Å². The summed E-state index contributed by atoms with van der Waals surface area (Å²) in [6, 6.07) is 14.2. The Kier molecular flexibility index (Phi) is 6.82. The fourth-order valence-corrected chi connectivity index (χ4v) is 2.08. The van der Waals surface area contributed by atoms with E-state index in [2.05, 4.69) is 17.4 Å². The number of hydrogen-bond donors (Lipinski definition) is 2. The van der Waals surface area contributed by atoms with Crippen molar-refractivity contribution in [3.8, 4) is 0 Å². The Morgan fingerprint density at radius 1 is 1.14 bits per heavy atom. The van der Waals surface area contributed by atoms with Crippen LogP contribution < -0.4 is 11.1 Å². The van der Waals surface area contributed by atoms with E-state index in [9.17, 15) is 9.59 Å². The number of carbonyl (C=O) groups excluding carboxylic acids is 2. The predicted octanol–water partition coefficient (Wildman–Crippen LogP) is 1.29. The molecule has 3 N–H and O–H groups in total. The number of fused-ring (bicyclic) bond motifs is 1. The van der Waals surface area contributed by atoms with Gasteiger partial charge >= 0.3 is 0 Å². The molecule has 2 aromatic carbocycles. The predicted molar refractivity (Wildman–Crippen MR) is 89.7 cm³/mol. The summed E-state index contributed by atoms with van der Waals surface area (Å²) in [6.07, 6.45) is 0. The molecular formula is C16H20ClN3O2. The molecule has 6 heteroatoms. The van der Waals surface area contributed by atoms with Crippen LogP contribution in [0.3, 0.4) is 0 Å². The number of likely N-dealkylation sites (N-methyl/N-ethyl adjacent to an activating group) is 1. The number of amides is 2. The third kappa shape index (κ3) is 4.72. The van der Waals surface area contributed by atoms with Gasteiger partial charge in [0, 0.05) is 13.6 Å². The van der Waals surface area contributed by atoms with Crippen LogP contribution in [0.1, 0.15) is 5.56 Å². The highest BCUT2D eigenvalue weighted by Crippen LogP contribution is 2.16. The van der Waals surface area contributed by atoms with E-state index in [1.807, 2.05) is 30.3 Å². The zero-order chi connectivity index (χ0) is 15.2. The Bertz CT molecular complexity index is 661. The van der Waals surface area contributed by atoms with Crippen molar-refractivity contribution < 1.29 is 9.59 Å². The highest BCUT2D eigenvalue weighted by Gasteiger charge is 2.10. The van der Waals surface area contributed by atoms with Crippen LogP contribution in [0.4, 0.5) is 0 Å². The van der Waals surface area contributed by atoms with E-state index in [4.69, 9.17) is 5.73 Å². The van der Waals surface area contributed by atoms with Crippen LogP contribution in [0.25, 0.3) is 10.8 Å². The van der Waals surface area contributed by atoms with Crippen molar-refractivity contribution in [1.82, 2.24) is 10.2 Å². The molecule has 0 unspecified atom stereocenters. The first-order valence-corrected chi connectivity index (χ1v) is 6.78. The molecule has 0 spiro atoms. The maximum atomic E-state index is 11.9. The third-order valence-electron chi connectivity index (χ3n) is 3.28. The summed E-state index contributed by atoms with van der Waals surface area (Å²) in [7, 11) is 1.71. The van der Waals surface area contributed by atoms with Crippen LogP contribution in [0.2, 0.25) is 0 Å². The quantitative estimate of drug-likeness (QED) is 0.871. The van der Waals surface area contributed by atoms with Gasteiger partial charge in [-0.2, -0.15) is 0 Å². The summed E-state index contributed by atoms with van der Waals surface area (Å²) in [6.45, 7) is 0.365. The minimum absolute atomic E-state index is 0. The highest BCUT2D eigenvalue weighted by molar-refractivity contribution is 5.86. The lowest BCUT2D eigenvalue weighted by Gasteiger charge is -2.18. The van der Waals surface area contributed by atoms with E-state index in [0.29, 0.717) is 6.54 Å². The zero-order valence-electron chi connectivity index (χ0n) is 12.4. The maximum Gasteiger partial charge on any atom is 0.242 e. The van der Waals surface area contributed by atoms with Gasteiger partial charge < -0.3 is 16.0 Å². The van der Waals surface area contributed by atoms with E-state index in [-0.39, 0.29) is 37.3 Å². The molecule has 0 aliphatic carbocycles. The van der Waals surface area contributed by atoms with Gasteiger partial charge in [-0.25, -0.2) is 0 Å². The van der Waals surface area contributed by atoms with Crippen molar-refractivity contribution >= 4 is 35.0 Å². The first-order valence-electron chi connectivity index (χ1n) is 6.78. The smallest absolute Gasteiger partial charge is 0.242 e. The lowest BCUT2D eigenvalue weighted by atomic mass is 10.1. The topological polar surface area (TPSA) is 75.4 Å². The van der Waals surface area contributed by atoms with E-state index < -0.39 is 0 Å². The molecule has 22 heavy (non-hydrogen) atoms. The molecule has 0 bridgehead atoms. The molecule has 0 heterocycles. The molecule has 0 saturated carbocycles. The lowest BCUT2D eigenvalue weighted by Crippen LogP contribution is -2.40. The standard InChI is InChI=1S/C16H19N3O2.ClH/c1-19(16(21)10-18-15(20)9-17)11-12-6-7-13-4-2-3-5-14(13)8-12;/h2-8H,9-11,17H2,1H3,(H,18,20);1H. The second kappa shape index (κ2) is 8.36. The molecule has 0 aromatic heterocycles. The number of nitrogens with two attached hydrogens (primary N) is 1. The SMILES string of the molecule is CN(Cc1ccc2ccccc2c1)C(=O)CNC(=O)CN.Cl. The van der Waals surface area contributed by atoms with Crippen molar-refractivity contribution in [2.75, 3.05) is 20.1 Å². The number of nitrogens with zero attached hydrogens (tertiary/aromatic N) is 1. The first-order chi connectivity index (χ1) is 10.1. The molecule has 0 fully saturated rings. The van der Waals surface area contributed by atoms with Gasteiger partial charge in [-0.05, 0) is 22.4 Å². The minimum atomic E-state index is -0.331. The summed E-state index contributed by atoms with van der Waals surface area (Å²) in [5, 5.41) is 4.79. The number of halogens is 1. The van der Waals surface area contributed by atoms with Gasteiger partial charge in [-0.3, -0.25) is 9.59 Å². The van der Waals surface area contributed by atoms with Gasteiger partial charge in [0.2, 0.25) is 11.8 Å². The lowest BCUT2D eigenvalue weighted by molar-refractivity contribution is -0.131. The number of carbonyl (C=O) groups is 2. The van der Waals surface area contributed by atoms with E-state index in [1.54, 1.807) is 11.9 Å². The molecule has 0 aliphatic rings. The molecular weight excluding hydrogens is 302 g/mol. The Hall–Kier alpha value is -2.11. The first kappa shape index (κ1) is 17.9. The van der Waals surface area contributed by atoms with Crippen LogP contribution in [0, 0.1) is 0 Å². The fraction of sp³-hybridized carbons (Fsp3) is 0.250. The van der Waals surface area contributed by atoms with Crippen molar-refractivity contribution in [3.63, 3.8) is 0 Å². The Morgan fingerprint density at radius 2 is 1.82 bits per heavy atom. The molecule has 118 valence electrons. The van der Waals surface area contributed by atoms with Crippen molar-refractivity contribution in [3.05, 3.63) is 48.0 Å². The van der Waals surface area contributed by atoms with Crippen LogP contribution in [-0.4, -0.2) is 36.9 Å². The van der Waals surface area contributed by atoms with Gasteiger partial charge in [0.25, 0.3) is 0 Å². The summed E-state index contributed by atoms with van der Waals surface area (Å²) in [4.78, 5) is 24.5. The van der Waals surface area contributed by atoms with E-state index in [1.165, 1.54) is 5.39 Å². The van der Waals surface area contributed by atoms with Crippen molar-refractivity contribution in [1.29, 1.82) is 0 Å². The number of hydrogen-bond acceptors (Lipinski definition) is 3. The normalized spacial score (nSPS) is 9.91. The van der Waals surface area contributed by atoms with Gasteiger partial charge in [0.05, 0.1) is 13.1 Å². The summed E-state index contributed by atoms with van der Waals surface area (Å²) in [5.41, 5.74) is 6.22. The van der Waals surface area contributed by atoms with Gasteiger partial charge in [0.1, 0.15) is 0 Å². The summed E-state index contributed by atoms with van der Waals surface area (Å²) in [5.74, 6) is -0.479. The second-order valence-corrected chi connectivity index (χ2v) is 4.91. The fourth-order valence-electron chi connectivity index (χ4n) is 2.08. The summed E-state index contributed by atoms with van der Waals surface area (Å²) >= 11 is 0. The average Bonchev–Trinajstić information content (AvgIpc) is 2.51. The molecule has 0 aliphatic heterocycles. The monoisotopic (exact) mass is 321 g/mol. The average molecular weight is 322 g/mol. The number of nitrogens with one attached hydrogen (secondary N) is 1. The maximum absolute atomic E-state index is 11.9.